The third-order valence-electron chi connectivity index (χ3n) is 4.00. The van der Waals surface area contributed by atoms with Crippen LogP contribution < -0.4 is 15.9 Å². The number of hydrogen-bond donors (Lipinski definition) is 2. The molecule has 0 radical (unpaired) electrons. The molecule has 0 unspecified atom stereocenters. The SMILES string of the molecule is CN=CC(=NN)C(=O)NC1CCC(Oc2ccc(C#N)c(Br)c2)CC1. The molecule has 0 aromatic heterocycles. The second-order valence-electron chi connectivity index (χ2n) is 5.72. The van der Waals surface area contributed by atoms with Crippen molar-refractivity contribution in [1.82, 2.24) is 5.32 Å². The molecular formula is C17H20BrN5O2. The Morgan fingerprint density at radius 1 is 1.44 bits per heavy atom. The number of halogens is 1. The van der Waals surface area contributed by atoms with Gasteiger partial charge in [0.25, 0.3) is 5.91 Å². The highest BCUT2D eigenvalue weighted by atomic mass is 79.9. The first-order valence-electron chi connectivity index (χ1n) is 7.94. The van der Waals surface area contributed by atoms with Crippen molar-refractivity contribution in [3.05, 3.63) is 28.2 Å². The van der Waals surface area contributed by atoms with Gasteiger partial charge in [0.15, 0.2) is 5.71 Å². The Hall–Kier alpha value is -2.40. The van der Waals surface area contributed by atoms with Crippen molar-refractivity contribution in [2.24, 2.45) is 15.9 Å². The number of carbonyl (C=O) groups excluding carboxylic acids is 1. The van der Waals surface area contributed by atoms with E-state index in [1.165, 1.54) is 6.21 Å². The Kier molecular flexibility index (Phi) is 6.95. The Labute approximate surface area is 155 Å². The number of amides is 1. The van der Waals surface area contributed by atoms with E-state index in [-0.39, 0.29) is 23.8 Å². The molecule has 1 fully saturated rings. The highest BCUT2D eigenvalue weighted by Crippen LogP contribution is 2.27. The van der Waals surface area contributed by atoms with Gasteiger partial charge in [-0.3, -0.25) is 9.79 Å². The molecule has 1 aliphatic rings. The number of rotatable bonds is 5. The number of aliphatic imine (C=N–C) groups is 1. The summed E-state index contributed by atoms with van der Waals surface area (Å²) in [5.41, 5.74) is 0.690. The number of hydrogen-bond acceptors (Lipinski definition) is 6. The zero-order valence-electron chi connectivity index (χ0n) is 13.9. The molecule has 7 nitrogen and oxygen atoms in total. The molecule has 2 rings (SSSR count). The Morgan fingerprint density at radius 3 is 2.72 bits per heavy atom. The Bertz CT molecular complexity index is 718. The lowest BCUT2D eigenvalue weighted by molar-refractivity contribution is -0.115. The molecule has 8 heteroatoms. The summed E-state index contributed by atoms with van der Waals surface area (Å²) < 4.78 is 6.70. The largest absolute Gasteiger partial charge is 0.490 e. The zero-order valence-corrected chi connectivity index (χ0v) is 15.5. The van der Waals surface area contributed by atoms with Gasteiger partial charge in [-0.1, -0.05) is 0 Å². The fourth-order valence-electron chi connectivity index (χ4n) is 2.71. The van der Waals surface area contributed by atoms with Crippen LogP contribution in [0.25, 0.3) is 0 Å². The summed E-state index contributed by atoms with van der Waals surface area (Å²) in [5, 5.41) is 15.3. The van der Waals surface area contributed by atoms with Crippen LogP contribution in [0.5, 0.6) is 5.75 Å². The van der Waals surface area contributed by atoms with Crippen LogP contribution in [-0.4, -0.2) is 37.0 Å². The number of benzene rings is 1. The molecule has 1 aromatic rings. The molecule has 132 valence electrons. The number of hydrazone groups is 1. The summed E-state index contributed by atoms with van der Waals surface area (Å²) >= 11 is 3.36. The van der Waals surface area contributed by atoms with Gasteiger partial charge in [0.1, 0.15) is 11.8 Å². The van der Waals surface area contributed by atoms with E-state index in [1.54, 1.807) is 25.2 Å². The van der Waals surface area contributed by atoms with Gasteiger partial charge in [0, 0.05) is 17.6 Å². The van der Waals surface area contributed by atoms with Crippen LogP contribution in [0.4, 0.5) is 0 Å². The number of carbonyl (C=O) groups is 1. The van der Waals surface area contributed by atoms with Gasteiger partial charge in [0.05, 0.1) is 17.9 Å². The quantitative estimate of drug-likeness (QED) is 0.443. The van der Waals surface area contributed by atoms with Crippen molar-refractivity contribution < 1.29 is 9.53 Å². The van der Waals surface area contributed by atoms with Crippen molar-refractivity contribution in [1.29, 1.82) is 5.26 Å². The maximum atomic E-state index is 12.0. The molecule has 1 saturated carbocycles. The maximum absolute atomic E-state index is 12.0. The lowest BCUT2D eigenvalue weighted by atomic mass is 9.92. The summed E-state index contributed by atoms with van der Waals surface area (Å²) in [6.07, 6.45) is 4.73. The van der Waals surface area contributed by atoms with E-state index in [9.17, 15) is 4.79 Å². The Balaban J connectivity index is 1.84. The minimum Gasteiger partial charge on any atom is -0.490 e. The van der Waals surface area contributed by atoms with Crippen LogP contribution in [0, 0.1) is 11.3 Å². The van der Waals surface area contributed by atoms with Crippen LogP contribution in [0.3, 0.4) is 0 Å². The summed E-state index contributed by atoms with van der Waals surface area (Å²) in [4.78, 5) is 15.8. The van der Waals surface area contributed by atoms with E-state index in [0.717, 1.165) is 35.9 Å². The normalized spacial score (nSPS) is 20.9. The molecule has 3 N–H and O–H groups in total. The standard InChI is InChI=1S/C17H20BrN5O2/c1-21-10-16(23-20)17(24)22-12-3-6-13(7-4-12)25-14-5-2-11(9-19)15(18)8-14/h2,5,8,10,12-13H,3-4,6-7,20H2,1H3,(H,22,24). The van der Waals surface area contributed by atoms with Gasteiger partial charge in [0.2, 0.25) is 0 Å². The molecule has 1 aliphatic carbocycles. The van der Waals surface area contributed by atoms with E-state index < -0.39 is 0 Å². The van der Waals surface area contributed by atoms with Crippen LogP contribution in [0.1, 0.15) is 31.2 Å². The predicted molar refractivity (Wildman–Crippen MR) is 99.7 cm³/mol. The molecule has 0 spiro atoms. The lowest BCUT2D eigenvalue weighted by Crippen LogP contribution is -2.43. The molecule has 0 saturated heterocycles. The first kappa shape index (κ1) is 18.9. The van der Waals surface area contributed by atoms with E-state index in [0.29, 0.717) is 5.56 Å². The smallest absolute Gasteiger partial charge is 0.273 e. The van der Waals surface area contributed by atoms with Crippen LogP contribution in [-0.2, 0) is 4.79 Å². The van der Waals surface area contributed by atoms with E-state index >= 15 is 0 Å². The van der Waals surface area contributed by atoms with E-state index in [4.69, 9.17) is 15.8 Å². The third kappa shape index (κ3) is 5.29. The summed E-state index contributed by atoms with van der Waals surface area (Å²) in [6.45, 7) is 0. The first-order valence-corrected chi connectivity index (χ1v) is 8.74. The second kappa shape index (κ2) is 9.18. The average Bonchev–Trinajstić information content (AvgIpc) is 2.61. The minimum atomic E-state index is -0.312. The van der Waals surface area contributed by atoms with E-state index in [1.807, 2.05) is 0 Å². The van der Waals surface area contributed by atoms with Crippen molar-refractivity contribution in [2.75, 3.05) is 7.05 Å². The molecule has 0 aliphatic heterocycles. The highest BCUT2D eigenvalue weighted by molar-refractivity contribution is 9.10. The molecule has 25 heavy (non-hydrogen) atoms. The number of nitriles is 1. The number of ether oxygens (including phenoxy) is 1. The second-order valence-corrected chi connectivity index (χ2v) is 6.57. The highest BCUT2D eigenvalue weighted by Gasteiger charge is 2.24. The van der Waals surface area contributed by atoms with Gasteiger partial charge < -0.3 is 15.9 Å². The number of nitrogens with zero attached hydrogens (tertiary/aromatic N) is 3. The fraction of sp³-hybridized carbons (Fsp3) is 0.412. The molecule has 0 heterocycles. The third-order valence-corrected chi connectivity index (χ3v) is 4.65. The molecule has 0 bridgehead atoms. The summed E-state index contributed by atoms with van der Waals surface area (Å²) in [7, 11) is 1.56. The van der Waals surface area contributed by atoms with Crippen molar-refractivity contribution >= 4 is 33.8 Å². The minimum absolute atomic E-state index is 0.0713. The fourth-order valence-corrected chi connectivity index (χ4v) is 3.16. The lowest BCUT2D eigenvalue weighted by Gasteiger charge is -2.29. The van der Waals surface area contributed by atoms with Gasteiger partial charge in [-0.25, -0.2) is 0 Å². The van der Waals surface area contributed by atoms with Gasteiger partial charge in [-0.2, -0.15) is 10.4 Å². The van der Waals surface area contributed by atoms with Crippen LogP contribution in [0.15, 0.2) is 32.8 Å². The monoisotopic (exact) mass is 405 g/mol. The predicted octanol–water partition coefficient (Wildman–Crippen LogP) is 2.14. The van der Waals surface area contributed by atoms with Gasteiger partial charge in [-0.15, -0.1) is 0 Å². The molecule has 0 atom stereocenters. The number of nitrogens with one attached hydrogen (secondary N) is 1. The van der Waals surface area contributed by atoms with Crippen molar-refractivity contribution in [3.8, 4) is 11.8 Å². The maximum Gasteiger partial charge on any atom is 0.273 e. The zero-order chi connectivity index (χ0) is 18.2. The first-order chi connectivity index (χ1) is 12.1. The van der Waals surface area contributed by atoms with Gasteiger partial charge >= 0.3 is 0 Å². The number of nitrogens with two attached hydrogens (primary N) is 1. The Morgan fingerprint density at radius 2 is 2.16 bits per heavy atom. The molecular weight excluding hydrogens is 386 g/mol. The van der Waals surface area contributed by atoms with Gasteiger partial charge in [-0.05, 0) is 59.8 Å². The molecule has 1 amide bonds. The summed E-state index contributed by atoms with van der Waals surface area (Å²) in [5.74, 6) is 5.62. The average molecular weight is 406 g/mol. The molecule has 1 aromatic carbocycles. The van der Waals surface area contributed by atoms with Crippen LogP contribution in [0.2, 0.25) is 0 Å². The van der Waals surface area contributed by atoms with Crippen molar-refractivity contribution in [2.45, 2.75) is 37.8 Å². The topological polar surface area (TPSA) is 113 Å². The van der Waals surface area contributed by atoms with Crippen molar-refractivity contribution in [3.63, 3.8) is 0 Å². The summed E-state index contributed by atoms with van der Waals surface area (Å²) in [6, 6.07) is 7.51. The van der Waals surface area contributed by atoms with E-state index in [2.05, 4.69) is 37.4 Å². The van der Waals surface area contributed by atoms with Crippen LogP contribution >= 0.6 is 15.9 Å².